The lowest BCUT2D eigenvalue weighted by Gasteiger charge is -2.30. The van der Waals surface area contributed by atoms with Gasteiger partial charge in [0, 0.05) is 31.6 Å². The Hall–Kier alpha value is -3.92. The van der Waals surface area contributed by atoms with E-state index in [1.807, 2.05) is 0 Å². The minimum absolute atomic E-state index is 0.01000. The lowest BCUT2D eigenvalue weighted by atomic mass is 9.97. The van der Waals surface area contributed by atoms with Crippen molar-refractivity contribution in [1.82, 2.24) is 14.5 Å². The summed E-state index contributed by atoms with van der Waals surface area (Å²) in [5.74, 6) is -1.45. The van der Waals surface area contributed by atoms with Crippen molar-refractivity contribution >= 4 is 0 Å². The Kier molecular flexibility index (Phi) is 7.07. The number of rotatable bonds is 5. The number of benzene rings is 3. The molecule has 0 amide bonds. The van der Waals surface area contributed by atoms with Gasteiger partial charge in [-0.05, 0) is 54.4 Å². The molecule has 0 bridgehead atoms. The molecule has 0 spiro atoms. The van der Waals surface area contributed by atoms with Crippen molar-refractivity contribution in [3.63, 3.8) is 0 Å². The smallest absolute Gasteiger partial charge is 0.294 e. The van der Waals surface area contributed by atoms with Crippen LogP contribution in [0.3, 0.4) is 0 Å². The third-order valence-corrected chi connectivity index (χ3v) is 6.92. The predicted molar refractivity (Wildman–Crippen MR) is 132 cm³/mol. The number of aryl methyl sites for hydroxylation is 1. The Balaban J connectivity index is 1.52. The molecule has 0 N–H and O–H groups in total. The van der Waals surface area contributed by atoms with Crippen LogP contribution in [-0.4, -0.2) is 21.0 Å². The molecule has 0 radical (unpaired) electrons. The van der Waals surface area contributed by atoms with E-state index < -0.39 is 35.2 Å². The molecule has 2 heterocycles. The molecule has 1 aliphatic rings. The van der Waals surface area contributed by atoms with Gasteiger partial charge in [0.2, 0.25) is 0 Å². The molecular weight excluding hydrogens is 520 g/mol. The number of nitrogens with zero attached hydrogens (tertiary/aromatic N) is 3. The van der Waals surface area contributed by atoms with E-state index in [9.17, 15) is 31.1 Å². The summed E-state index contributed by atoms with van der Waals surface area (Å²) in [6.07, 6.45) is -4.25. The van der Waals surface area contributed by atoms with E-state index >= 15 is 0 Å². The van der Waals surface area contributed by atoms with Crippen molar-refractivity contribution in [2.24, 2.45) is 0 Å². The molecule has 0 saturated carbocycles. The molecule has 0 atom stereocenters. The molecule has 1 aromatic heterocycles. The first-order valence-electron chi connectivity index (χ1n) is 12.2. The average molecular weight is 544 g/mol. The number of alkyl halides is 3. The minimum atomic E-state index is -4.65. The zero-order valence-electron chi connectivity index (χ0n) is 20.8. The van der Waals surface area contributed by atoms with Gasteiger partial charge in [-0.1, -0.05) is 30.3 Å². The Bertz CT molecular complexity index is 1520. The average Bonchev–Trinajstić information content (AvgIpc) is 2.89. The molecule has 4 aromatic rings. The van der Waals surface area contributed by atoms with E-state index in [1.54, 1.807) is 36.1 Å². The molecule has 1 aliphatic heterocycles. The highest BCUT2D eigenvalue weighted by atomic mass is 19.4. The molecule has 3 aromatic carbocycles. The van der Waals surface area contributed by atoms with Crippen LogP contribution >= 0.6 is 0 Å². The van der Waals surface area contributed by atoms with Crippen molar-refractivity contribution in [3.05, 3.63) is 134 Å². The Morgan fingerprint density at radius 2 is 1.49 bits per heavy atom. The monoisotopic (exact) mass is 543 g/mol. The Morgan fingerprint density at radius 3 is 2.03 bits per heavy atom. The fourth-order valence-electron chi connectivity index (χ4n) is 4.98. The van der Waals surface area contributed by atoms with Crippen molar-refractivity contribution < 1.29 is 26.3 Å². The summed E-state index contributed by atoms with van der Waals surface area (Å²) in [5, 5.41) is 0. The standard InChI is InChI=1S/C29H23F6N3O/c1-17-36-26-12-13-37(15-20-2-7-21(14-25(20)32)29(33,34)35)16-24(26)28(39)38(17)27(18-3-8-22(30)9-4-18)19-5-10-23(31)11-6-19/h2-11,14,27H,12-13,15-16H2,1H3. The number of hydrogen-bond donors (Lipinski definition) is 0. The maximum atomic E-state index is 14.5. The maximum Gasteiger partial charge on any atom is 0.416 e. The van der Waals surface area contributed by atoms with E-state index in [4.69, 9.17) is 0 Å². The quantitative estimate of drug-likeness (QED) is 0.282. The van der Waals surface area contributed by atoms with Crippen LogP contribution < -0.4 is 5.56 Å². The van der Waals surface area contributed by atoms with Gasteiger partial charge in [0.15, 0.2) is 0 Å². The van der Waals surface area contributed by atoms with Gasteiger partial charge in [-0.3, -0.25) is 14.3 Å². The van der Waals surface area contributed by atoms with Crippen molar-refractivity contribution in [2.45, 2.75) is 38.7 Å². The summed E-state index contributed by atoms with van der Waals surface area (Å²) < 4.78 is 82.2. The van der Waals surface area contributed by atoms with Crippen LogP contribution in [0.5, 0.6) is 0 Å². The van der Waals surface area contributed by atoms with Crippen LogP contribution in [0.4, 0.5) is 26.3 Å². The first kappa shape index (κ1) is 26.7. The number of hydrogen-bond acceptors (Lipinski definition) is 3. The SMILES string of the molecule is Cc1nc2c(c(=O)n1C(c1ccc(F)cc1)c1ccc(F)cc1)CN(Cc1ccc(C(F)(F)F)cc1F)CC2. The molecule has 0 saturated heterocycles. The summed E-state index contributed by atoms with van der Waals surface area (Å²) in [7, 11) is 0. The fourth-order valence-corrected chi connectivity index (χ4v) is 4.98. The fraction of sp³-hybridized carbons (Fsp3) is 0.241. The van der Waals surface area contributed by atoms with E-state index in [2.05, 4.69) is 4.98 Å². The highest BCUT2D eigenvalue weighted by Gasteiger charge is 2.32. The number of halogens is 6. The highest BCUT2D eigenvalue weighted by molar-refractivity contribution is 5.35. The maximum absolute atomic E-state index is 14.5. The first-order valence-corrected chi connectivity index (χ1v) is 12.2. The van der Waals surface area contributed by atoms with Crippen LogP contribution in [0.2, 0.25) is 0 Å². The van der Waals surface area contributed by atoms with Gasteiger partial charge in [0.05, 0.1) is 22.9 Å². The summed E-state index contributed by atoms with van der Waals surface area (Å²) >= 11 is 0. The van der Waals surface area contributed by atoms with Crippen LogP contribution in [0.15, 0.2) is 71.5 Å². The van der Waals surface area contributed by atoms with Gasteiger partial charge in [0.1, 0.15) is 23.3 Å². The van der Waals surface area contributed by atoms with Crippen LogP contribution in [0, 0.1) is 24.4 Å². The molecule has 0 unspecified atom stereocenters. The second-order valence-corrected chi connectivity index (χ2v) is 9.53. The van der Waals surface area contributed by atoms with Gasteiger partial charge in [-0.2, -0.15) is 13.2 Å². The molecule has 4 nitrogen and oxygen atoms in total. The molecule has 10 heteroatoms. The molecular formula is C29H23F6N3O. The topological polar surface area (TPSA) is 38.1 Å². The van der Waals surface area contributed by atoms with E-state index in [-0.39, 0.29) is 24.2 Å². The van der Waals surface area contributed by atoms with Gasteiger partial charge < -0.3 is 0 Å². The van der Waals surface area contributed by atoms with Gasteiger partial charge in [0.25, 0.3) is 5.56 Å². The lowest BCUT2D eigenvalue weighted by molar-refractivity contribution is -0.137. The molecule has 202 valence electrons. The number of fused-ring (bicyclic) bond motifs is 1. The minimum Gasteiger partial charge on any atom is -0.294 e. The van der Waals surface area contributed by atoms with E-state index in [0.717, 1.165) is 12.1 Å². The largest absolute Gasteiger partial charge is 0.416 e. The van der Waals surface area contributed by atoms with Crippen LogP contribution in [0.25, 0.3) is 0 Å². The van der Waals surface area contributed by atoms with Crippen molar-refractivity contribution in [1.29, 1.82) is 0 Å². The molecule has 0 aliphatic carbocycles. The summed E-state index contributed by atoms with van der Waals surface area (Å²) in [5.41, 5.74) is 0.825. The van der Waals surface area contributed by atoms with Crippen molar-refractivity contribution in [3.8, 4) is 0 Å². The third-order valence-electron chi connectivity index (χ3n) is 6.92. The number of aromatic nitrogens is 2. The second kappa shape index (κ2) is 10.3. The second-order valence-electron chi connectivity index (χ2n) is 9.53. The zero-order chi connectivity index (χ0) is 27.9. The van der Waals surface area contributed by atoms with E-state index in [1.165, 1.54) is 28.8 Å². The molecule has 0 fully saturated rings. The first-order chi connectivity index (χ1) is 18.5. The van der Waals surface area contributed by atoms with Gasteiger partial charge in [-0.25, -0.2) is 18.2 Å². The zero-order valence-corrected chi connectivity index (χ0v) is 20.8. The predicted octanol–water partition coefficient (Wildman–Crippen LogP) is 6.18. The van der Waals surface area contributed by atoms with Crippen molar-refractivity contribution in [2.75, 3.05) is 6.54 Å². The molecule has 5 rings (SSSR count). The molecule has 39 heavy (non-hydrogen) atoms. The Morgan fingerprint density at radius 1 is 0.897 bits per heavy atom. The highest BCUT2D eigenvalue weighted by Crippen LogP contribution is 2.31. The third kappa shape index (κ3) is 5.47. The normalized spacial score (nSPS) is 14.1. The van der Waals surface area contributed by atoms with Crippen LogP contribution in [-0.2, 0) is 25.7 Å². The summed E-state index contributed by atoms with van der Waals surface area (Å²) in [6.45, 7) is 2.24. The van der Waals surface area contributed by atoms with Gasteiger partial charge in [-0.15, -0.1) is 0 Å². The Labute approximate surface area is 220 Å². The lowest BCUT2D eigenvalue weighted by Crippen LogP contribution is -2.40. The summed E-state index contributed by atoms with van der Waals surface area (Å²) in [6, 6.07) is 13.0. The summed E-state index contributed by atoms with van der Waals surface area (Å²) in [4.78, 5) is 20.4. The van der Waals surface area contributed by atoms with Crippen LogP contribution in [0.1, 0.15) is 45.4 Å². The van der Waals surface area contributed by atoms with Gasteiger partial charge >= 0.3 is 6.18 Å². The van der Waals surface area contributed by atoms with E-state index in [0.29, 0.717) is 47.2 Å².